The van der Waals surface area contributed by atoms with Crippen molar-refractivity contribution in [1.82, 2.24) is 9.97 Å². The minimum absolute atomic E-state index is 0.102. The molecule has 1 aliphatic carbocycles. The number of alkyl halides is 3. The summed E-state index contributed by atoms with van der Waals surface area (Å²) < 4.78 is 38.4. The van der Waals surface area contributed by atoms with Crippen molar-refractivity contribution in [3.05, 3.63) is 77.0 Å². The van der Waals surface area contributed by atoms with Crippen LogP contribution in [0.1, 0.15) is 34.8 Å². The van der Waals surface area contributed by atoms with Crippen LogP contribution in [0.4, 0.5) is 19.1 Å². The highest BCUT2D eigenvalue weighted by Gasteiger charge is 2.30. The largest absolute Gasteiger partial charge is 0.416 e. The zero-order valence-corrected chi connectivity index (χ0v) is 15.0. The monoisotopic (exact) mass is 384 g/mol. The SMILES string of the molecule is NCc1cc(-c2ccc(C(F)(F)F)cc2)nc(NC2CCc3ccccc32)n1. The van der Waals surface area contributed by atoms with Crippen LogP contribution in [0.2, 0.25) is 0 Å². The summed E-state index contributed by atoms with van der Waals surface area (Å²) in [5.74, 6) is 0.430. The Kier molecular flexibility index (Phi) is 4.77. The fourth-order valence-corrected chi connectivity index (χ4v) is 3.51. The van der Waals surface area contributed by atoms with Gasteiger partial charge in [0.15, 0.2) is 0 Å². The van der Waals surface area contributed by atoms with Gasteiger partial charge in [-0.15, -0.1) is 0 Å². The first-order valence-corrected chi connectivity index (χ1v) is 9.04. The molecule has 1 atom stereocenters. The van der Waals surface area contributed by atoms with E-state index in [1.807, 2.05) is 12.1 Å². The second kappa shape index (κ2) is 7.24. The number of hydrogen-bond donors (Lipinski definition) is 2. The molecule has 0 fully saturated rings. The molecule has 1 heterocycles. The van der Waals surface area contributed by atoms with Crippen molar-refractivity contribution >= 4 is 5.95 Å². The van der Waals surface area contributed by atoms with E-state index in [0.717, 1.165) is 25.0 Å². The first kappa shape index (κ1) is 18.4. The van der Waals surface area contributed by atoms with E-state index in [-0.39, 0.29) is 12.6 Å². The third-order valence-electron chi connectivity index (χ3n) is 4.93. The van der Waals surface area contributed by atoms with Crippen LogP contribution in [0, 0.1) is 0 Å². The normalized spacial score (nSPS) is 16.1. The molecule has 144 valence electrons. The van der Waals surface area contributed by atoms with E-state index in [1.165, 1.54) is 23.3 Å². The Morgan fingerprint density at radius 3 is 2.50 bits per heavy atom. The van der Waals surface area contributed by atoms with Gasteiger partial charge in [-0.2, -0.15) is 13.2 Å². The number of hydrogen-bond acceptors (Lipinski definition) is 4. The van der Waals surface area contributed by atoms with Crippen molar-refractivity contribution in [2.75, 3.05) is 5.32 Å². The van der Waals surface area contributed by atoms with E-state index in [9.17, 15) is 13.2 Å². The van der Waals surface area contributed by atoms with Crippen LogP contribution in [0.15, 0.2) is 54.6 Å². The smallest absolute Gasteiger partial charge is 0.347 e. The summed E-state index contributed by atoms with van der Waals surface area (Å²) in [5.41, 5.74) is 9.35. The molecule has 4 nitrogen and oxygen atoms in total. The van der Waals surface area contributed by atoms with Gasteiger partial charge in [-0.3, -0.25) is 0 Å². The number of aryl methyl sites for hydroxylation is 1. The minimum Gasteiger partial charge on any atom is -0.347 e. The number of benzene rings is 2. The van der Waals surface area contributed by atoms with Crippen molar-refractivity contribution in [2.24, 2.45) is 5.73 Å². The average Bonchev–Trinajstić information content (AvgIpc) is 3.10. The topological polar surface area (TPSA) is 63.8 Å². The fraction of sp³-hybridized carbons (Fsp3) is 0.238. The summed E-state index contributed by atoms with van der Waals surface area (Å²) >= 11 is 0. The number of halogens is 3. The van der Waals surface area contributed by atoms with Gasteiger partial charge >= 0.3 is 6.18 Å². The summed E-state index contributed by atoms with van der Waals surface area (Å²) in [4.78, 5) is 8.96. The molecular formula is C21H19F3N4. The standard InChI is InChI=1S/C21H19F3N4/c22-21(23,24)15-8-5-14(6-9-15)19-11-16(12-25)26-20(28-19)27-18-10-7-13-3-1-2-4-17(13)18/h1-6,8-9,11,18H,7,10,12,25H2,(H,26,27,28). The molecule has 0 amide bonds. The quantitative estimate of drug-likeness (QED) is 0.683. The van der Waals surface area contributed by atoms with Crippen molar-refractivity contribution in [3.63, 3.8) is 0 Å². The number of anilines is 1. The molecule has 28 heavy (non-hydrogen) atoms. The molecule has 1 aliphatic rings. The summed E-state index contributed by atoms with van der Waals surface area (Å²) in [7, 11) is 0. The molecule has 0 spiro atoms. The Labute approximate surface area is 160 Å². The van der Waals surface area contributed by atoms with Crippen LogP contribution in [-0.4, -0.2) is 9.97 Å². The Hall–Kier alpha value is -2.93. The lowest BCUT2D eigenvalue weighted by Gasteiger charge is -2.16. The Morgan fingerprint density at radius 2 is 1.79 bits per heavy atom. The molecule has 1 unspecified atom stereocenters. The van der Waals surface area contributed by atoms with E-state index < -0.39 is 11.7 Å². The number of nitrogens with one attached hydrogen (secondary N) is 1. The number of fused-ring (bicyclic) bond motifs is 1. The predicted molar refractivity (Wildman–Crippen MR) is 101 cm³/mol. The van der Waals surface area contributed by atoms with Crippen LogP contribution < -0.4 is 11.1 Å². The molecule has 0 aliphatic heterocycles. The first-order valence-electron chi connectivity index (χ1n) is 9.04. The summed E-state index contributed by atoms with van der Waals surface area (Å²) in [6, 6.07) is 15.0. The maximum absolute atomic E-state index is 12.8. The van der Waals surface area contributed by atoms with Crippen molar-refractivity contribution in [2.45, 2.75) is 31.6 Å². The lowest BCUT2D eigenvalue weighted by Crippen LogP contribution is -2.12. The van der Waals surface area contributed by atoms with Gasteiger partial charge in [0.2, 0.25) is 5.95 Å². The van der Waals surface area contributed by atoms with Gasteiger partial charge in [0, 0.05) is 12.1 Å². The first-order chi connectivity index (χ1) is 13.4. The molecule has 1 aromatic heterocycles. The lowest BCUT2D eigenvalue weighted by atomic mass is 10.1. The van der Waals surface area contributed by atoms with E-state index in [1.54, 1.807) is 6.07 Å². The van der Waals surface area contributed by atoms with Crippen LogP contribution in [-0.2, 0) is 19.1 Å². The lowest BCUT2D eigenvalue weighted by molar-refractivity contribution is -0.137. The number of nitrogens with zero attached hydrogens (tertiary/aromatic N) is 2. The number of nitrogens with two attached hydrogens (primary N) is 1. The van der Waals surface area contributed by atoms with Crippen molar-refractivity contribution in [1.29, 1.82) is 0 Å². The molecule has 2 aromatic carbocycles. The zero-order valence-electron chi connectivity index (χ0n) is 15.0. The average molecular weight is 384 g/mol. The predicted octanol–water partition coefficient (Wildman–Crippen LogP) is 4.72. The second-order valence-electron chi connectivity index (χ2n) is 6.78. The van der Waals surface area contributed by atoms with Gasteiger partial charge in [-0.1, -0.05) is 36.4 Å². The molecule has 0 radical (unpaired) electrons. The molecule has 3 aromatic rings. The van der Waals surface area contributed by atoms with Crippen LogP contribution in [0.3, 0.4) is 0 Å². The fourth-order valence-electron chi connectivity index (χ4n) is 3.51. The van der Waals surface area contributed by atoms with Crippen LogP contribution in [0.5, 0.6) is 0 Å². The third kappa shape index (κ3) is 3.71. The highest BCUT2D eigenvalue weighted by Crippen LogP contribution is 2.34. The summed E-state index contributed by atoms with van der Waals surface area (Å²) in [6.45, 7) is 0.214. The third-order valence-corrected chi connectivity index (χ3v) is 4.93. The molecule has 0 saturated heterocycles. The van der Waals surface area contributed by atoms with Crippen LogP contribution >= 0.6 is 0 Å². The molecule has 0 bridgehead atoms. The highest BCUT2D eigenvalue weighted by atomic mass is 19.4. The molecular weight excluding hydrogens is 365 g/mol. The molecule has 7 heteroatoms. The maximum atomic E-state index is 12.8. The second-order valence-corrected chi connectivity index (χ2v) is 6.78. The highest BCUT2D eigenvalue weighted by molar-refractivity contribution is 5.61. The van der Waals surface area contributed by atoms with Crippen LogP contribution in [0.25, 0.3) is 11.3 Å². The number of rotatable bonds is 4. The maximum Gasteiger partial charge on any atom is 0.416 e. The number of aromatic nitrogens is 2. The zero-order chi connectivity index (χ0) is 19.7. The minimum atomic E-state index is -4.37. The van der Waals surface area contributed by atoms with E-state index in [4.69, 9.17) is 5.73 Å². The van der Waals surface area contributed by atoms with E-state index in [0.29, 0.717) is 22.9 Å². The Balaban J connectivity index is 1.63. The van der Waals surface area contributed by atoms with Crippen molar-refractivity contribution in [3.8, 4) is 11.3 Å². The molecule has 4 rings (SSSR count). The van der Waals surface area contributed by atoms with Gasteiger partial charge in [0.25, 0.3) is 0 Å². The Morgan fingerprint density at radius 1 is 1.04 bits per heavy atom. The Bertz CT molecular complexity index is 984. The molecule has 3 N–H and O–H groups in total. The van der Waals surface area contributed by atoms with Gasteiger partial charge in [0.05, 0.1) is 23.0 Å². The van der Waals surface area contributed by atoms with E-state index >= 15 is 0 Å². The van der Waals surface area contributed by atoms with Gasteiger partial charge in [-0.25, -0.2) is 9.97 Å². The summed E-state index contributed by atoms with van der Waals surface area (Å²) in [6.07, 6.45) is -2.45. The van der Waals surface area contributed by atoms with Gasteiger partial charge in [-0.05, 0) is 42.2 Å². The summed E-state index contributed by atoms with van der Waals surface area (Å²) in [5, 5.41) is 3.36. The van der Waals surface area contributed by atoms with Crippen molar-refractivity contribution < 1.29 is 13.2 Å². The van der Waals surface area contributed by atoms with E-state index in [2.05, 4.69) is 27.4 Å². The van der Waals surface area contributed by atoms with Gasteiger partial charge in [0.1, 0.15) is 0 Å². The van der Waals surface area contributed by atoms with Gasteiger partial charge < -0.3 is 11.1 Å². The molecule has 0 saturated carbocycles.